The summed E-state index contributed by atoms with van der Waals surface area (Å²) in [6.45, 7) is 1.24. The number of hydrogen-bond acceptors (Lipinski definition) is 4. The molecule has 0 radical (unpaired) electrons. The lowest BCUT2D eigenvalue weighted by Crippen LogP contribution is -2.12. The molecule has 0 aliphatic rings. The summed E-state index contributed by atoms with van der Waals surface area (Å²) >= 11 is 5.98. The third-order valence-electron chi connectivity index (χ3n) is 3.14. The molecule has 0 bridgehead atoms. The molecule has 0 spiro atoms. The van der Waals surface area contributed by atoms with Crippen molar-refractivity contribution in [1.29, 1.82) is 5.26 Å². The summed E-state index contributed by atoms with van der Waals surface area (Å²) in [6.07, 6.45) is 0.787. The van der Waals surface area contributed by atoms with E-state index in [1.807, 2.05) is 0 Å². The first-order valence-corrected chi connectivity index (χ1v) is 7.44. The Labute approximate surface area is 139 Å². The summed E-state index contributed by atoms with van der Waals surface area (Å²) in [5, 5.41) is 12.2. The number of anilines is 1. The van der Waals surface area contributed by atoms with Crippen LogP contribution >= 0.6 is 11.6 Å². The van der Waals surface area contributed by atoms with Crippen molar-refractivity contribution in [2.24, 2.45) is 5.73 Å². The Bertz CT molecular complexity index is 724. The molecule has 0 unspecified atom stereocenters. The Hall–Kier alpha value is -2.71. The highest BCUT2D eigenvalue weighted by Crippen LogP contribution is 2.20. The number of amides is 1. The predicted molar refractivity (Wildman–Crippen MR) is 89.7 cm³/mol. The summed E-state index contributed by atoms with van der Waals surface area (Å²) in [4.78, 5) is 11.1. The highest BCUT2D eigenvalue weighted by Gasteiger charge is 2.06. The number of carbonyl (C=O) groups is 1. The molecule has 0 saturated heterocycles. The van der Waals surface area contributed by atoms with Crippen molar-refractivity contribution in [2.75, 3.05) is 18.5 Å². The van der Waals surface area contributed by atoms with Crippen LogP contribution in [-0.2, 0) is 0 Å². The van der Waals surface area contributed by atoms with Crippen LogP contribution in [-0.4, -0.2) is 19.1 Å². The van der Waals surface area contributed by atoms with Crippen molar-refractivity contribution >= 4 is 23.2 Å². The van der Waals surface area contributed by atoms with Crippen molar-refractivity contribution in [1.82, 2.24) is 0 Å². The first kappa shape index (κ1) is 16.7. The molecular formula is C17H16ClN3O2. The lowest BCUT2D eigenvalue weighted by molar-refractivity contribution is 0.100. The molecule has 0 heterocycles. The Morgan fingerprint density at radius 1 is 1.26 bits per heavy atom. The molecule has 2 rings (SSSR count). The van der Waals surface area contributed by atoms with E-state index < -0.39 is 5.91 Å². The monoisotopic (exact) mass is 329 g/mol. The summed E-state index contributed by atoms with van der Waals surface area (Å²) in [6, 6.07) is 14.1. The van der Waals surface area contributed by atoms with Gasteiger partial charge < -0.3 is 15.8 Å². The van der Waals surface area contributed by atoms with Crippen LogP contribution < -0.4 is 15.8 Å². The van der Waals surface area contributed by atoms with Gasteiger partial charge in [0.1, 0.15) is 5.75 Å². The molecule has 0 atom stereocenters. The molecule has 0 saturated carbocycles. The Kier molecular flexibility index (Phi) is 5.84. The van der Waals surface area contributed by atoms with Crippen molar-refractivity contribution in [3.8, 4) is 11.8 Å². The first-order chi connectivity index (χ1) is 11.1. The molecule has 5 nitrogen and oxygen atoms in total. The van der Waals surface area contributed by atoms with Gasteiger partial charge in [0.15, 0.2) is 0 Å². The standard InChI is InChI=1S/C17H16ClN3O2/c18-16-10-13(4-7-15(16)17(20)22)21-8-1-9-23-14-5-2-12(11-19)3-6-14/h2-7,10,21H,1,8-9H2,(H2,20,22). The minimum atomic E-state index is -0.544. The predicted octanol–water partition coefficient (Wildman–Crippen LogP) is 3.19. The van der Waals surface area contributed by atoms with Crippen LogP contribution in [0.3, 0.4) is 0 Å². The summed E-state index contributed by atoms with van der Waals surface area (Å²) in [5.41, 5.74) is 6.93. The lowest BCUT2D eigenvalue weighted by Gasteiger charge is -2.09. The van der Waals surface area contributed by atoms with Crippen LogP contribution in [0.1, 0.15) is 22.3 Å². The van der Waals surface area contributed by atoms with Crippen LogP contribution in [0.5, 0.6) is 5.75 Å². The SMILES string of the molecule is N#Cc1ccc(OCCCNc2ccc(C(N)=O)c(Cl)c2)cc1. The average molecular weight is 330 g/mol. The molecule has 6 heteroatoms. The van der Waals surface area contributed by atoms with Crippen molar-refractivity contribution in [3.05, 3.63) is 58.6 Å². The molecule has 1 amide bonds. The number of primary amides is 1. The van der Waals surface area contributed by atoms with E-state index in [1.54, 1.807) is 42.5 Å². The van der Waals surface area contributed by atoms with Crippen LogP contribution in [0.4, 0.5) is 5.69 Å². The second kappa shape index (κ2) is 8.06. The van der Waals surface area contributed by atoms with E-state index in [-0.39, 0.29) is 0 Å². The molecule has 0 aliphatic heterocycles. The van der Waals surface area contributed by atoms with Gasteiger partial charge in [-0.15, -0.1) is 0 Å². The van der Waals surface area contributed by atoms with Gasteiger partial charge in [0, 0.05) is 12.2 Å². The highest BCUT2D eigenvalue weighted by molar-refractivity contribution is 6.34. The number of hydrogen-bond donors (Lipinski definition) is 2. The Balaban J connectivity index is 1.74. The molecule has 23 heavy (non-hydrogen) atoms. The van der Waals surface area contributed by atoms with Crippen molar-refractivity contribution < 1.29 is 9.53 Å². The van der Waals surface area contributed by atoms with E-state index in [9.17, 15) is 4.79 Å². The molecule has 0 aliphatic carbocycles. The fourth-order valence-electron chi connectivity index (χ4n) is 1.95. The quantitative estimate of drug-likeness (QED) is 0.763. The molecule has 2 aromatic carbocycles. The molecule has 0 aromatic heterocycles. The van der Waals surface area contributed by atoms with Gasteiger partial charge in [-0.1, -0.05) is 11.6 Å². The maximum Gasteiger partial charge on any atom is 0.250 e. The van der Waals surface area contributed by atoms with E-state index >= 15 is 0 Å². The van der Waals surface area contributed by atoms with Gasteiger partial charge in [-0.2, -0.15) is 5.26 Å². The van der Waals surface area contributed by atoms with Gasteiger partial charge in [-0.3, -0.25) is 4.79 Å². The minimum Gasteiger partial charge on any atom is -0.494 e. The summed E-state index contributed by atoms with van der Waals surface area (Å²) < 4.78 is 5.58. The maximum atomic E-state index is 11.1. The van der Waals surface area contributed by atoms with Gasteiger partial charge in [0.2, 0.25) is 5.91 Å². The lowest BCUT2D eigenvalue weighted by atomic mass is 10.2. The average Bonchev–Trinajstić information content (AvgIpc) is 2.55. The topological polar surface area (TPSA) is 88.1 Å². The second-order valence-corrected chi connectivity index (χ2v) is 5.23. The van der Waals surface area contributed by atoms with Crippen LogP contribution in [0.15, 0.2) is 42.5 Å². The van der Waals surface area contributed by atoms with Gasteiger partial charge in [0.05, 0.1) is 28.8 Å². The normalized spacial score (nSPS) is 9.91. The van der Waals surface area contributed by atoms with Crippen LogP contribution in [0.25, 0.3) is 0 Å². The molecule has 2 aromatic rings. The van der Waals surface area contributed by atoms with Gasteiger partial charge in [-0.25, -0.2) is 0 Å². The Morgan fingerprint density at radius 2 is 2.00 bits per heavy atom. The molecule has 3 N–H and O–H groups in total. The number of nitrogens with zero attached hydrogens (tertiary/aromatic N) is 1. The zero-order valence-electron chi connectivity index (χ0n) is 12.4. The summed E-state index contributed by atoms with van der Waals surface area (Å²) in [5.74, 6) is 0.190. The van der Waals surface area contributed by atoms with E-state index in [4.69, 9.17) is 27.3 Å². The number of ether oxygens (including phenoxy) is 1. The maximum absolute atomic E-state index is 11.1. The van der Waals surface area contributed by atoms with E-state index in [0.717, 1.165) is 17.9 Å². The van der Waals surface area contributed by atoms with Crippen molar-refractivity contribution in [3.63, 3.8) is 0 Å². The number of rotatable bonds is 7. The van der Waals surface area contributed by atoms with Crippen LogP contribution in [0.2, 0.25) is 5.02 Å². The zero-order valence-corrected chi connectivity index (χ0v) is 13.1. The zero-order chi connectivity index (χ0) is 16.7. The number of carbonyl (C=O) groups excluding carboxylic acids is 1. The van der Waals surface area contributed by atoms with E-state index in [0.29, 0.717) is 29.3 Å². The summed E-state index contributed by atoms with van der Waals surface area (Å²) in [7, 11) is 0. The van der Waals surface area contributed by atoms with Gasteiger partial charge in [-0.05, 0) is 48.9 Å². The first-order valence-electron chi connectivity index (χ1n) is 7.06. The third kappa shape index (κ3) is 4.90. The smallest absolute Gasteiger partial charge is 0.250 e. The molecule has 0 fully saturated rings. The largest absolute Gasteiger partial charge is 0.494 e. The van der Waals surface area contributed by atoms with Gasteiger partial charge >= 0.3 is 0 Å². The number of nitrogens with two attached hydrogens (primary N) is 1. The molecule has 118 valence electrons. The Morgan fingerprint density at radius 3 is 2.61 bits per heavy atom. The van der Waals surface area contributed by atoms with Crippen molar-refractivity contribution in [2.45, 2.75) is 6.42 Å². The third-order valence-corrected chi connectivity index (χ3v) is 3.45. The van der Waals surface area contributed by atoms with E-state index in [2.05, 4.69) is 11.4 Å². The molecular weight excluding hydrogens is 314 g/mol. The number of halogens is 1. The number of nitriles is 1. The van der Waals surface area contributed by atoms with E-state index in [1.165, 1.54) is 0 Å². The minimum absolute atomic E-state index is 0.307. The fraction of sp³-hybridized carbons (Fsp3) is 0.176. The number of nitrogens with one attached hydrogen (secondary N) is 1. The number of benzene rings is 2. The second-order valence-electron chi connectivity index (χ2n) is 4.82. The highest BCUT2D eigenvalue weighted by atomic mass is 35.5. The van der Waals surface area contributed by atoms with Crippen LogP contribution in [0, 0.1) is 11.3 Å². The fourth-order valence-corrected chi connectivity index (χ4v) is 2.22. The van der Waals surface area contributed by atoms with Gasteiger partial charge in [0.25, 0.3) is 0 Å².